The average molecular weight is 409 g/mol. The molecule has 1 aromatic heterocycles. The van der Waals surface area contributed by atoms with E-state index in [1.807, 2.05) is 0 Å². The Labute approximate surface area is 175 Å². The molecule has 0 atom stereocenters. The van der Waals surface area contributed by atoms with E-state index in [0.29, 0.717) is 34.5 Å². The molecule has 0 fully saturated rings. The number of aromatic nitrogens is 2. The van der Waals surface area contributed by atoms with Crippen LogP contribution in [0.25, 0.3) is 10.8 Å². The van der Waals surface area contributed by atoms with Crippen LogP contribution in [0.1, 0.15) is 43.1 Å². The number of aryl methyl sites for hydroxylation is 1. The monoisotopic (exact) mass is 409 g/mol. The van der Waals surface area contributed by atoms with Crippen LogP contribution in [0.2, 0.25) is 0 Å². The van der Waals surface area contributed by atoms with Crippen LogP contribution < -0.4 is 20.3 Å². The van der Waals surface area contributed by atoms with Crippen LogP contribution in [0.15, 0.2) is 47.3 Å². The van der Waals surface area contributed by atoms with Crippen molar-refractivity contribution in [3.8, 4) is 11.5 Å². The third-order valence-electron chi connectivity index (χ3n) is 4.92. The second kappa shape index (κ2) is 9.91. The number of fused-ring (bicyclic) bond motifs is 1. The summed E-state index contributed by atoms with van der Waals surface area (Å²) in [5.41, 5.74) is 0.548. The molecule has 0 saturated carbocycles. The SMILES string of the molecule is CCCCCCn1nc(C(=O)Nc2cc(OC)cc(OC)c2)c2ccccc2c1=O. The van der Waals surface area contributed by atoms with Crippen molar-refractivity contribution in [2.24, 2.45) is 0 Å². The molecule has 0 radical (unpaired) electrons. The van der Waals surface area contributed by atoms with Gasteiger partial charge in [0.1, 0.15) is 11.5 Å². The first-order valence-electron chi connectivity index (χ1n) is 10.1. The molecule has 7 heteroatoms. The predicted octanol–water partition coefficient (Wildman–Crippen LogP) is 4.25. The molecule has 1 amide bonds. The van der Waals surface area contributed by atoms with E-state index in [0.717, 1.165) is 25.7 Å². The van der Waals surface area contributed by atoms with Gasteiger partial charge in [-0.2, -0.15) is 5.10 Å². The lowest BCUT2D eigenvalue weighted by Crippen LogP contribution is -2.27. The fourth-order valence-electron chi connectivity index (χ4n) is 3.31. The van der Waals surface area contributed by atoms with E-state index >= 15 is 0 Å². The number of nitrogens with one attached hydrogen (secondary N) is 1. The number of ether oxygens (including phenoxy) is 2. The first-order valence-corrected chi connectivity index (χ1v) is 10.1. The Morgan fingerprint density at radius 1 is 1.00 bits per heavy atom. The number of anilines is 1. The van der Waals surface area contributed by atoms with Crippen LogP contribution in [0.4, 0.5) is 5.69 Å². The molecule has 7 nitrogen and oxygen atoms in total. The standard InChI is InChI=1S/C23H27N3O4/c1-4-5-6-9-12-26-23(28)20-11-8-7-10-19(20)21(25-26)22(27)24-16-13-17(29-2)15-18(14-16)30-3/h7-8,10-11,13-15H,4-6,9,12H2,1-3H3,(H,24,27). The van der Waals surface area contributed by atoms with Gasteiger partial charge in [-0.05, 0) is 12.5 Å². The number of unbranched alkanes of at least 4 members (excludes halogenated alkanes) is 3. The lowest BCUT2D eigenvalue weighted by Gasteiger charge is -2.12. The lowest BCUT2D eigenvalue weighted by molar-refractivity contribution is 0.102. The van der Waals surface area contributed by atoms with E-state index < -0.39 is 5.91 Å². The normalized spacial score (nSPS) is 10.8. The summed E-state index contributed by atoms with van der Waals surface area (Å²) in [6.07, 6.45) is 4.07. The number of nitrogens with zero attached hydrogens (tertiary/aromatic N) is 2. The summed E-state index contributed by atoms with van der Waals surface area (Å²) in [6, 6.07) is 12.2. The summed E-state index contributed by atoms with van der Waals surface area (Å²) in [6.45, 7) is 2.62. The summed E-state index contributed by atoms with van der Waals surface area (Å²) < 4.78 is 11.9. The van der Waals surface area contributed by atoms with E-state index in [4.69, 9.17) is 9.47 Å². The van der Waals surface area contributed by atoms with Crippen molar-refractivity contribution in [3.05, 3.63) is 58.5 Å². The molecule has 3 aromatic rings. The van der Waals surface area contributed by atoms with Crippen LogP contribution in [-0.4, -0.2) is 29.9 Å². The van der Waals surface area contributed by atoms with E-state index in [2.05, 4.69) is 17.3 Å². The highest BCUT2D eigenvalue weighted by molar-refractivity contribution is 6.11. The van der Waals surface area contributed by atoms with Crippen LogP contribution in [0, 0.1) is 0 Å². The number of carbonyl (C=O) groups is 1. The third kappa shape index (κ3) is 4.79. The minimum atomic E-state index is -0.399. The Morgan fingerprint density at radius 3 is 2.30 bits per heavy atom. The number of methoxy groups -OCH3 is 2. The minimum absolute atomic E-state index is 0.179. The predicted molar refractivity (Wildman–Crippen MR) is 118 cm³/mol. The largest absolute Gasteiger partial charge is 0.497 e. The Kier molecular flexibility index (Phi) is 7.06. The van der Waals surface area contributed by atoms with Crippen LogP contribution in [-0.2, 0) is 6.54 Å². The van der Waals surface area contributed by atoms with E-state index in [1.165, 1.54) is 4.68 Å². The second-order valence-electron chi connectivity index (χ2n) is 7.04. The van der Waals surface area contributed by atoms with Gasteiger partial charge in [-0.1, -0.05) is 44.4 Å². The molecule has 30 heavy (non-hydrogen) atoms. The Hall–Kier alpha value is -3.35. The number of amides is 1. The molecule has 1 heterocycles. The highest BCUT2D eigenvalue weighted by Gasteiger charge is 2.17. The molecule has 0 unspecified atom stereocenters. The van der Waals surface area contributed by atoms with Gasteiger partial charge in [-0.3, -0.25) is 9.59 Å². The summed E-state index contributed by atoms with van der Waals surface area (Å²) in [4.78, 5) is 25.9. The van der Waals surface area contributed by atoms with Crippen molar-refractivity contribution in [1.82, 2.24) is 9.78 Å². The maximum Gasteiger partial charge on any atom is 0.276 e. The van der Waals surface area contributed by atoms with Crippen molar-refractivity contribution < 1.29 is 14.3 Å². The molecular weight excluding hydrogens is 382 g/mol. The van der Waals surface area contributed by atoms with Gasteiger partial charge in [-0.15, -0.1) is 0 Å². The second-order valence-corrected chi connectivity index (χ2v) is 7.04. The van der Waals surface area contributed by atoms with Crippen LogP contribution in [0.3, 0.4) is 0 Å². The molecule has 0 aliphatic rings. The fraction of sp³-hybridized carbons (Fsp3) is 0.348. The molecule has 0 saturated heterocycles. The highest BCUT2D eigenvalue weighted by Crippen LogP contribution is 2.26. The summed E-state index contributed by atoms with van der Waals surface area (Å²) in [5, 5.41) is 8.27. The minimum Gasteiger partial charge on any atom is -0.497 e. The van der Waals surface area contributed by atoms with Gasteiger partial charge in [0.2, 0.25) is 0 Å². The molecule has 158 valence electrons. The summed E-state index contributed by atoms with van der Waals surface area (Å²) >= 11 is 0. The fourth-order valence-corrected chi connectivity index (χ4v) is 3.31. The maximum absolute atomic E-state index is 13.1. The van der Waals surface area contributed by atoms with E-state index in [9.17, 15) is 9.59 Å². The summed E-state index contributed by atoms with van der Waals surface area (Å²) in [5.74, 6) is 0.718. The van der Waals surface area contributed by atoms with E-state index in [-0.39, 0.29) is 11.3 Å². The van der Waals surface area contributed by atoms with Gasteiger partial charge in [0.15, 0.2) is 5.69 Å². The van der Waals surface area contributed by atoms with Crippen LogP contribution >= 0.6 is 0 Å². The van der Waals surface area contributed by atoms with Crippen molar-refractivity contribution in [2.75, 3.05) is 19.5 Å². The molecule has 0 spiro atoms. The maximum atomic E-state index is 13.1. The van der Waals surface area contributed by atoms with Gasteiger partial charge < -0.3 is 14.8 Å². The molecule has 0 aliphatic heterocycles. The first kappa shape index (κ1) is 21.4. The van der Waals surface area contributed by atoms with E-state index in [1.54, 1.807) is 56.7 Å². The first-order chi connectivity index (χ1) is 14.6. The summed E-state index contributed by atoms with van der Waals surface area (Å²) in [7, 11) is 3.09. The third-order valence-corrected chi connectivity index (χ3v) is 4.92. The molecule has 0 aliphatic carbocycles. The molecule has 2 aromatic carbocycles. The van der Waals surface area contributed by atoms with Crippen molar-refractivity contribution >= 4 is 22.4 Å². The Bertz CT molecular complexity index is 1070. The topological polar surface area (TPSA) is 82.5 Å². The smallest absolute Gasteiger partial charge is 0.276 e. The van der Waals surface area contributed by atoms with Gasteiger partial charge in [-0.25, -0.2) is 4.68 Å². The zero-order valence-electron chi connectivity index (χ0n) is 17.6. The molecule has 1 N–H and O–H groups in total. The molecule has 3 rings (SSSR count). The number of hydrogen-bond donors (Lipinski definition) is 1. The Balaban J connectivity index is 1.97. The number of hydrogen-bond acceptors (Lipinski definition) is 5. The van der Waals surface area contributed by atoms with Gasteiger partial charge in [0.25, 0.3) is 11.5 Å². The van der Waals surface area contributed by atoms with Crippen LogP contribution in [0.5, 0.6) is 11.5 Å². The van der Waals surface area contributed by atoms with Crippen molar-refractivity contribution in [1.29, 1.82) is 0 Å². The van der Waals surface area contributed by atoms with Gasteiger partial charge in [0, 0.05) is 35.8 Å². The number of rotatable bonds is 9. The zero-order valence-corrected chi connectivity index (χ0v) is 17.6. The van der Waals surface area contributed by atoms with Crippen molar-refractivity contribution in [2.45, 2.75) is 39.2 Å². The average Bonchev–Trinajstić information content (AvgIpc) is 2.77. The quantitative estimate of drug-likeness (QED) is 0.534. The number of benzene rings is 2. The van der Waals surface area contributed by atoms with Crippen molar-refractivity contribution in [3.63, 3.8) is 0 Å². The van der Waals surface area contributed by atoms with Gasteiger partial charge in [0.05, 0.1) is 19.6 Å². The molecular formula is C23H27N3O4. The lowest BCUT2D eigenvalue weighted by atomic mass is 10.1. The Morgan fingerprint density at radius 2 is 1.67 bits per heavy atom. The zero-order chi connectivity index (χ0) is 21.5. The number of carbonyl (C=O) groups excluding carboxylic acids is 1. The molecule has 0 bridgehead atoms. The van der Waals surface area contributed by atoms with Gasteiger partial charge >= 0.3 is 0 Å². The highest BCUT2D eigenvalue weighted by atomic mass is 16.5.